The highest BCUT2D eigenvalue weighted by atomic mass is 19.4. The van der Waals surface area contributed by atoms with Gasteiger partial charge in [0.05, 0.1) is 11.5 Å². The summed E-state index contributed by atoms with van der Waals surface area (Å²) in [6.07, 6.45) is -6.31. The van der Waals surface area contributed by atoms with E-state index in [1.807, 2.05) is 0 Å². The second-order valence-electron chi connectivity index (χ2n) is 3.49. The van der Waals surface area contributed by atoms with Crippen LogP contribution in [0.4, 0.5) is 13.2 Å². The zero-order chi connectivity index (χ0) is 13.2. The van der Waals surface area contributed by atoms with Gasteiger partial charge in [-0.15, -0.1) is 0 Å². The lowest BCUT2D eigenvalue weighted by Gasteiger charge is -2.17. The molecule has 17 heavy (non-hydrogen) atoms. The Bertz CT molecular complexity index is 402. The molecule has 1 aromatic carbocycles. The van der Waals surface area contributed by atoms with Crippen molar-refractivity contribution in [2.75, 3.05) is 0 Å². The van der Waals surface area contributed by atoms with Gasteiger partial charge in [0.15, 0.2) is 0 Å². The second kappa shape index (κ2) is 4.72. The summed E-state index contributed by atoms with van der Waals surface area (Å²) in [6, 6.07) is 2.67. The van der Waals surface area contributed by atoms with E-state index >= 15 is 0 Å². The number of rotatable bonds is 3. The van der Waals surface area contributed by atoms with E-state index in [2.05, 4.69) is 5.73 Å². The van der Waals surface area contributed by atoms with Crippen LogP contribution in [0.3, 0.4) is 0 Å². The van der Waals surface area contributed by atoms with Crippen LogP contribution in [0, 0.1) is 0 Å². The normalized spacial score (nSPS) is 15.4. The molecule has 0 aliphatic rings. The van der Waals surface area contributed by atoms with E-state index < -0.39 is 29.9 Å². The van der Waals surface area contributed by atoms with Gasteiger partial charge in [0.1, 0.15) is 12.1 Å². The van der Waals surface area contributed by atoms with Crippen LogP contribution in [-0.2, 0) is 11.0 Å². The lowest BCUT2D eigenvalue weighted by atomic mass is 10.0. The van der Waals surface area contributed by atoms with Gasteiger partial charge in [-0.1, -0.05) is 12.1 Å². The standard InChI is InChI=1S/C10H10F3NO3/c11-10(12,13)6-3-1-5(2-4-6)7(14)8(15)9(16)17/h1-4,7-8,15H,14H2,(H,16,17)/t7-,8-/m1/s1. The van der Waals surface area contributed by atoms with Gasteiger partial charge in [-0.05, 0) is 12.1 Å². The molecule has 1 aromatic rings. The van der Waals surface area contributed by atoms with Crippen molar-refractivity contribution in [3.05, 3.63) is 35.4 Å². The van der Waals surface area contributed by atoms with Gasteiger partial charge in [0.2, 0.25) is 0 Å². The van der Waals surface area contributed by atoms with Crippen LogP contribution in [-0.4, -0.2) is 17.2 Å². The van der Waals surface area contributed by atoms with Crippen LogP contribution in [0.2, 0.25) is 0 Å². The van der Waals surface area contributed by atoms with Gasteiger partial charge in [-0.25, -0.2) is 0 Å². The van der Waals surface area contributed by atoms with E-state index in [0.29, 0.717) is 0 Å². The van der Waals surface area contributed by atoms with Crippen LogP contribution in [0.1, 0.15) is 17.2 Å². The van der Waals surface area contributed by atoms with Crippen molar-refractivity contribution in [2.24, 2.45) is 0 Å². The molecule has 2 atom stereocenters. The van der Waals surface area contributed by atoms with E-state index in [4.69, 9.17) is 5.11 Å². The summed E-state index contributed by atoms with van der Waals surface area (Å²) in [7, 11) is 0. The van der Waals surface area contributed by atoms with Gasteiger partial charge >= 0.3 is 6.18 Å². The molecule has 1 rings (SSSR count). The number of carbonyl (C=O) groups excluding carboxylic acids is 1. The topological polar surface area (TPSA) is 88.0 Å². The fraction of sp³-hybridized carbons (Fsp3) is 0.300. The van der Waals surface area contributed by atoms with Crippen LogP contribution in [0.15, 0.2) is 24.3 Å². The van der Waals surface area contributed by atoms with Crippen molar-refractivity contribution in [1.29, 1.82) is 0 Å². The Balaban J connectivity index is 2.92. The highest BCUT2D eigenvalue weighted by Gasteiger charge is 2.30. The summed E-state index contributed by atoms with van der Waals surface area (Å²) < 4.78 is 36.7. The Labute approximate surface area is 94.5 Å². The fourth-order valence-corrected chi connectivity index (χ4v) is 1.27. The van der Waals surface area contributed by atoms with E-state index in [1.165, 1.54) is 0 Å². The fourth-order valence-electron chi connectivity index (χ4n) is 1.27. The maximum atomic E-state index is 12.2. The molecule has 0 saturated heterocycles. The van der Waals surface area contributed by atoms with Crippen molar-refractivity contribution in [3.8, 4) is 0 Å². The first-order valence-corrected chi connectivity index (χ1v) is 4.62. The average Bonchev–Trinajstić information content (AvgIpc) is 2.26. The number of halogens is 3. The largest absolute Gasteiger partial charge is 0.547 e. The summed E-state index contributed by atoms with van der Waals surface area (Å²) in [5.74, 6) is -1.72. The molecule has 0 amide bonds. The number of hydrogen-bond acceptors (Lipinski definition) is 3. The van der Waals surface area contributed by atoms with Gasteiger partial charge in [0, 0.05) is 5.56 Å². The zero-order valence-electron chi connectivity index (χ0n) is 8.57. The summed E-state index contributed by atoms with van der Waals surface area (Å²) in [4.78, 5) is 10.4. The second-order valence-corrected chi connectivity index (χ2v) is 3.49. The Kier molecular flexibility index (Phi) is 3.74. The van der Waals surface area contributed by atoms with Crippen LogP contribution < -0.4 is 10.8 Å². The zero-order valence-corrected chi connectivity index (χ0v) is 8.57. The molecule has 0 aliphatic carbocycles. The molecule has 0 aliphatic heterocycles. The lowest BCUT2D eigenvalue weighted by molar-refractivity contribution is -0.448. The van der Waals surface area contributed by atoms with Gasteiger partial charge in [-0.2, -0.15) is 13.2 Å². The predicted octanol–water partition coefficient (Wildman–Crippen LogP) is -0.901. The predicted molar refractivity (Wildman–Crippen MR) is 48.1 cm³/mol. The summed E-state index contributed by atoms with van der Waals surface area (Å²) in [5, 5.41) is 19.5. The quantitative estimate of drug-likeness (QED) is 0.727. The van der Waals surface area contributed by atoms with Crippen LogP contribution in [0.25, 0.3) is 0 Å². The molecule has 0 bridgehead atoms. The van der Waals surface area contributed by atoms with Crippen LogP contribution >= 0.6 is 0 Å². The molecule has 0 spiro atoms. The van der Waals surface area contributed by atoms with Gasteiger partial charge in [-0.3, -0.25) is 0 Å². The van der Waals surface area contributed by atoms with E-state index in [1.54, 1.807) is 0 Å². The summed E-state index contributed by atoms with van der Waals surface area (Å²) >= 11 is 0. The average molecular weight is 249 g/mol. The SMILES string of the molecule is [NH3+][C@H](c1ccc(C(F)(F)F)cc1)[C@@H](O)C(=O)[O-]. The van der Waals surface area contributed by atoms with Crippen LogP contribution in [0.5, 0.6) is 0 Å². The van der Waals surface area contributed by atoms with Crippen molar-refractivity contribution < 1.29 is 33.9 Å². The number of benzene rings is 1. The number of alkyl halides is 3. The third-order valence-electron chi connectivity index (χ3n) is 2.29. The van der Waals surface area contributed by atoms with E-state index in [9.17, 15) is 23.1 Å². The van der Waals surface area contributed by atoms with Crippen molar-refractivity contribution >= 4 is 5.97 Å². The van der Waals surface area contributed by atoms with Gasteiger partial charge < -0.3 is 20.7 Å². The number of quaternary nitrogens is 1. The number of carbonyl (C=O) groups is 1. The lowest BCUT2D eigenvalue weighted by Crippen LogP contribution is -2.62. The number of aliphatic carboxylic acids is 1. The number of carboxylic acids is 1. The minimum absolute atomic E-state index is 0.190. The Morgan fingerprint density at radius 3 is 2.12 bits per heavy atom. The van der Waals surface area contributed by atoms with Gasteiger partial charge in [0.25, 0.3) is 0 Å². The van der Waals surface area contributed by atoms with Crippen molar-refractivity contribution in [2.45, 2.75) is 18.3 Å². The van der Waals surface area contributed by atoms with Crippen molar-refractivity contribution in [3.63, 3.8) is 0 Å². The highest BCUT2D eigenvalue weighted by Crippen LogP contribution is 2.29. The summed E-state index contributed by atoms with van der Waals surface area (Å²) in [5.41, 5.74) is 2.71. The molecule has 0 unspecified atom stereocenters. The van der Waals surface area contributed by atoms with E-state index in [0.717, 1.165) is 24.3 Å². The first-order valence-electron chi connectivity index (χ1n) is 4.62. The smallest absolute Gasteiger partial charge is 0.416 e. The molecule has 94 valence electrons. The highest BCUT2D eigenvalue weighted by molar-refractivity contribution is 5.70. The van der Waals surface area contributed by atoms with E-state index in [-0.39, 0.29) is 5.56 Å². The molecular formula is C10H10F3NO3. The maximum absolute atomic E-state index is 12.2. The summed E-state index contributed by atoms with van der Waals surface area (Å²) in [6.45, 7) is 0. The number of carboxylic acid groups (broad SMARTS) is 1. The molecule has 0 heterocycles. The number of aliphatic hydroxyl groups excluding tert-OH is 1. The third-order valence-corrected chi connectivity index (χ3v) is 2.29. The molecule has 0 radical (unpaired) electrons. The monoisotopic (exact) mass is 249 g/mol. The van der Waals surface area contributed by atoms with Crippen molar-refractivity contribution in [1.82, 2.24) is 0 Å². The minimum atomic E-state index is -4.46. The Morgan fingerprint density at radius 2 is 1.76 bits per heavy atom. The number of hydrogen-bond donors (Lipinski definition) is 2. The molecule has 4 nitrogen and oxygen atoms in total. The maximum Gasteiger partial charge on any atom is 0.416 e. The third kappa shape index (κ3) is 3.18. The number of aliphatic hydroxyl groups is 1. The minimum Gasteiger partial charge on any atom is -0.547 e. The Morgan fingerprint density at radius 1 is 1.29 bits per heavy atom. The Hall–Kier alpha value is -1.60. The first-order chi connectivity index (χ1) is 7.73. The molecule has 7 heteroatoms. The molecule has 0 saturated carbocycles. The molecular weight excluding hydrogens is 239 g/mol. The molecule has 0 aromatic heterocycles. The molecule has 0 fully saturated rings. The molecule has 4 N–H and O–H groups in total. The first kappa shape index (κ1) is 13.5.